The highest BCUT2D eigenvalue weighted by molar-refractivity contribution is 9.10. The molecule has 0 saturated carbocycles. The van der Waals surface area contributed by atoms with Crippen LogP contribution in [0.2, 0.25) is 0 Å². The van der Waals surface area contributed by atoms with Crippen LogP contribution in [0.5, 0.6) is 0 Å². The van der Waals surface area contributed by atoms with Crippen molar-refractivity contribution in [3.8, 4) is 0 Å². The molecule has 5 heteroatoms. The SMILES string of the molecule is CCC1OCCC1CNCc1c(Br)c(C)nn1C. The molecule has 102 valence electrons. The Balaban J connectivity index is 1.85. The Morgan fingerprint density at radius 3 is 2.94 bits per heavy atom. The third-order valence-electron chi connectivity index (χ3n) is 3.71. The Kier molecular flexibility index (Phi) is 4.81. The molecule has 0 bridgehead atoms. The summed E-state index contributed by atoms with van der Waals surface area (Å²) in [6, 6.07) is 0. The molecule has 0 aliphatic carbocycles. The fraction of sp³-hybridized carbons (Fsp3) is 0.769. The fourth-order valence-electron chi connectivity index (χ4n) is 2.63. The number of rotatable bonds is 5. The lowest BCUT2D eigenvalue weighted by atomic mass is 10.00. The van der Waals surface area contributed by atoms with Gasteiger partial charge < -0.3 is 10.1 Å². The van der Waals surface area contributed by atoms with Crippen LogP contribution in [0.25, 0.3) is 0 Å². The lowest BCUT2D eigenvalue weighted by Gasteiger charge is -2.17. The van der Waals surface area contributed by atoms with E-state index in [4.69, 9.17) is 4.74 Å². The maximum atomic E-state index is 5.70. The Morgan fingerprint density at radius 2 is 2.33 bits per heavy atom. The summed E-state index contributed by atoms with van der Waals surface area (Å²) in [7, 11) is 1.99. The highest BCUT2D eigenvalue weighted by atomic mass is 79.9. The van der Waals surface area contributed by atoms with E-state index in [9.17, 15) is 0 Å². The molecule has 0 aromatic carbocycles. The van der Waals surface area contributed by atoms with E-state index in [0.717, 1.165) is 36.3 Å². The normalized spacial score (nSPS) is 23.8. The Labute approximate surface area is 117 Å². The van der Waals surface area contributed by atoms with Gasteiger partial charge >= 0.3 is 0 Å². The average molecular weight is 316 g/mol. The maximum absolute atomic E-state index is 5.70. The molecule has 1 aliphatic heterocycles. The first-order valence-corrected chi connectivity index (χ1v) is 7.43. The average Bonchev–Trinajstić information content (AvgIpc) is 2.89. The van der Waals surface area contributed by atoms with Gasteiger partial charge in [-0.25, -0.2) is 0 Å². The second-order valence-electron chi connectivity index (χ2n) is 4.97. The predicted octanol–water partition coefficient (Wildman–Crippen LogP) is 2.40. The summed E-state index contributed by atoms with van der Waals surface area (Å²) in [5.74, 6) is 0.656. The van der Waals surface area contributed by atoms with Gasteiger partial charge in [0.1, 0.15) is 0 Å². The van der Waals surface area contributed by atoms with Crippen molar-refractivity contribution in [3.63, 3.8) is 0 Å². The molecule has 1 aliphatic rings. The number of ether oxygens (including phenoxy) is 1. The van der Waals surface area contributed by atoms with Gasteiger partial charge in [-0.05, 0) is 41.6 Å². The van der Waals surface area contributed by atoms with Crippen LogP contribution in [0.3, 0.4) is 0 Å². The molecule has 2 unspecified atom stereocenters. The van der Waals surface area contributed by atoms with Crippen molar-refractivity contribution >= 4 is 15.9 Å². The van der Waals surface area contributed by atoms with Gasteiger partial charge in [0.25, 0.3) is 0 Å². The van der Waals surface area contributed by atoms with Crippen LogP contribution in [0.4, 0.5) is 0 Å². The quantitative estimate of drug-likeness (QED) is 0.907. The number of aromatic nitrogens is 2. The third kappa shape index (κ3) is 2.95. The van der Waals surface area contributed by atoms with E-state index < -0.39 is 0 Å². The number of hydrogen-bond donors (Lipinski definition) is 1. The maximum Gasteiger partial charge on any atom is 0.0739 e. The Bertz CT molecular complexity index is 405. The third-order valence-corrected chi connectivity index (χ3v) is 4.74. The minimum absolute atomic E-state index is 0.439. The van der Waals surface area contributed by atoms with Crippen LogP contribution in [0, 0.1) is 12.8 Å². The van der Waals surface area contributed by atoms with Crippen molar-refractivity contribution in [3.05, 3.63) is 15.9 Å². The van der Waals surface area contributed by atoms with E-state index in [-0.39, 0.29) is 0 Å². The second-order valence-corrected chi connectivity index (χ2v) is 5.76. The van der Waals surface area contributed by atoms with Crippen molar-refractivity contribution in [2.24, 2.45) is 13.0 Å². The summed E-state index contributed by atoms with van der Waals surface area (Å²) in [5, 5.41) is 7.93. The largest absolute Gasteiger partial charge is 0.378 e. The number of nitrogens with one attached hydrogen (secondary N) is 1. The van der Waals surface area contributed by atoms with E-state index in [0.29, 0.717) is 12.0 Å². The van der Waals surface area contributed by atoms with E-state index in [1.807, 2.05) is 18.7 Å². The fourth-order valence-corrected chi connectivity index (χ4v) is 3.10. The molecule has 1 fully saturated rings. The zero-order valence-corrected chi connectivity index (χ0v) is 13.0. The van der Waals surface area contributed by atoms with Crippen molar-refractivity contribution in [1.82, 2.24) is 15.1 Å². The molecule has 1 aromatic rings. The van der Waals surface area contributed by atoms with Gasteiger partial charge in [-0.3, -0.25) is 4.68 Å². The minimum Gasteiger partial charge on any atom is -0.378 e. The molecular weight excluding hydrogens is 294 g/mol. The van der Waals surface area contributed by atoms with Crippen LogP contribution in [0.15, 0.2) is 4.47 Å². The van der Waals surface area contributed by atoms with Crippen molar-refractivity contribution in [2.45, 2.75) is 39.3 Å². The molecule has 0 amide bonds. The van der Waals surface area contributed by atoms with Crippen LogP contribution >= 0.6 is 15.9 Å². The lowest BCUT2D eigenvalue weighted by Crippen LogP contribution is -2.28. The summed E-state index contributed by atoms with van der Waals surface area (Å²) >= 11 is 3.59. The van der Waals surface area contributed by atoms with Gasteiger partial charge in [0, 0.05) is 26.7 Å². The summed E-state index contributed by atoms with van der Waals surface area (Å²) < 4.78 is 8.76. The van der Waals surface area contributed by atoms with Crippen molar-refractivity contribution in [1.29, 1.82) is 0 Å². The van der Waals surface area contributed by atoms with Gasteiger partial charge in [0.2, 0.25) is 0 Å². The van der Waals surface area contributed by atoms with Gasteiger partial charge in [0.15, 0.2) is 0 Å². The monoisotopic (exact) mass is 315 g/mol. The molecule has 0 spiro atoms. The number of hydrogen-bond acceptors (Lipinski definition) is 3. The Morgan fingerprint density at radius 1 is 1.56 bits per heavy atom. The molecule has 2 rings (SSSR count). The zero-order chi connectivity index (χ0) is 13.1. The summed E-state index contributed by atoms with van der Waals surface area (Å²) in [6.07, 6.45) is 2.73. The summed E-state index contributed by atoms with van der Waals surface area (Å²) in [5.41, 5.74) is 2.25. The summed E-state index contributed by atoms with van der Waals surface area (Å²) in [4.78, 5) is 0. The lowest BCUT2D eigenvalue weighted by molar-refractivity contribution is 0.0872. The molecule has 18 heavy (non-hydrogen) atoms. The smallest absolute Gasteiger partial charge is 0.0739 e. The first-order valence-electron chi connectivity index (χ1n) is 6.63. The topological polar surface area (TPSA) is 39.1 Å². The van der Waals surface area contributed by atoms with E-state index >= 15 is 0 Å². The number of nitrogens with zero attached hydrogens (tertiary/aromatic N) is 2. The van der Waals surface area contributed by atoms with Crippen molar-refractivity contribution in [2.75, 3.05) is 13.2 Å². The van der Waals surface area contributed by atoms with E-state index in [1.54, 1.807) is 0 Å². The highest BCUT2D eigenvalue weighted by Crippen LogP contribution is 2.23. The van der Waals surface area contributed by atoms with E-state index in [2.05, 4.69) is 33.3 Å². The van der Waals surface area contributed by atoms with E-state index in [1.165, 1.54) is 12.1 Å². The van der Waals surface area contributed by atoms with Gasteiger partial charge in [-0.15, -0.1) is 0 Å². The zero-order valence-electron chi connectivity index (χ0n) is 11.4. The molecule has 0 radical (unpaired) electrons. The molecule has 1 saturated heterocycles. The Hall–Kier alpha value is -0.390. The van der Waals surface area contributed by atoms with Gasteiger partial charge in [-0.1, -0.05) is 6.92 Å². The van der Waals surface area contributed by atoms with Crippen LogP contribution < -0.4 is 5.32 Å². The summed E-state index contributed by atoms with van der Waals surface area (Å²) in [6.45, 7) is 7.01. The molecule has 2 atom stereocenters. The standard InChI is InChI=1S/C13H22BrN3O/c1-4-12-10(5-6-18-12)7-15-8-11-13(14)9(2)16-17(11)3/h10,12,15H,4-8H2,1-3H3. The molecule has 1 N–H and O–H groups in total. The molecule has 2 heterocycles. The second kappa shape index (κ2) is 6.17. The first-order chi connectivity index (χ1) is 8.63. The highest BCUT2D eigenvalue weighted by Gasteiger charge is 2.26. The molecular formula is C13H22BrN3O. The predicted molar refractivity (Wildman–Crippen MR) is 75.5 cm³/mol. The molecule has 1 aromatic heterocycles. The number of aryl methyl sites for hydroxylation is 2. The van der Waals surface area contributed by atoms with Gasteiger partial charge in [0.05, 0.1) is 22.0 Å². The van der Waals surface area contributed by atoms with Gasteiger partial charge in [-0.2, -0.15) is 5.10 Å². The van der Waals surface area contributed by atoms with Crippen LogP contribution in [0.1, 0.15) is 31.2 Å². The first kappa shape index (κ1) is 14.0. The molecule has 4 nitrogen and oxygen atoms in total. The van der Waals surface area contributed by atoms with Crippen LogP contribution in [-0.2, 0) is 18.3 Å². The minimum atomic E-state index is 0.439. The van der Waals surface area contributed by atoms with Crippen molar-refractivity contribution < 1.29 is 4.74 Å². The number of halogens is 1. The van der Waals surface area contributed by atoms with Crippen LogP contribution in [-0.4, -0.2) is 29.0 Å².